The van der Waals surface area contributed by atoms with Crippen molar-refractivity contribution in [3.63, 3.8) is 0 Å². The third-order valence-electron chi connectivity index (χ3n) is 3.27. The second kappa shape index (κ2) is 6.97. The van der Waals surface area contributed by atoms with Gasteiger partial charge in [-0.25, -0.2) is 0 Å². The van der Waals surface area contributed by atoms with Crippen LogP contribution in [0.1, 0.15) is 34.1 Å². The Morgan fingerprint density at radius 2 is 1.71 bits per heavy atom. The van der Waals surface area contributed by atoms with Crippen LogP contribution in [-0.2, 0) is 14.3 Å². The van der Waals surface area contributed by atoms with E-state index < -0.39 is 6.29 Å². The minimum atomic E-state index is -0.705. The lowest BCUT2D eigenvalue weighted by molar-refractivity contribution is -0.190. The highest BCUT2D eigenvalue weighted by Gasteiger charge is 2.24. The predicted octanol–water partition coefficient (Wildman–Crippen LogP) is 1.79. The fourth-order valence-corrected chi connectivity index (χ4v) is 2.18. The Kier molecular flexibility index (Phi) is 5.92. The van der Waals surface area contributed by atoms with Crippen molar-refractivity contribution in [1.29, 1.82) is 0 Å². The third kappa shape index (κ3) is 4.64. The molecular formula is C13H25NO3. The molecule has 0 aromatic heterocycles. The van der Waals surface area contributed by atoms with E-state index in [0.717, 1.165) is 6.42 Å². The van der Waals surface area contributed by atoms with E-state index in [0.29, 0.717) is 37.5 Å². The molecule has 1 aliphatic rings. The van der Waals surface area contributed by atoms with Gasteiger partial charge in [0.05, 0.1) is 13.2 Å². The third-order valence-corrected chi connectivity index (χ3v) is 3.27. The average Bonchev–Trinajstić information content (AvgIpc) is 2.29. The number of ether oxygens (including phenoxy) is 2. The Hall–Kier alpha value is -0.610. The van der Waals surface area contributed by atoms with Crippen molar-refractivity contribution in [3.8, 4) is 0 Å². The summed E-state index contributed by atoms with van der Waals surface area (Å²) in [5.41, 5.74) is 0. The highest BCUT2D eigenvalue weighted by atomic mass is 16.7. The second-order valence-corrected chi connectivity index (χ2v) is 5.32. The van der Waals surface area contributed by atoms with Gasteiger partial charge in [-0.05, 0) is 24.2 Å². The molecule has 1 fully saturated rings. The summed E-state index contributed by atoms with van der Waals surface area (Å²) in [6.07, 6.45) is 0.161. The minimum absolute atomic E-state index is 0.143. The molecule has 0 unspecified atom stereocenters. The van der Waals surface area contributed by atoms with Crippen molar-refractivity contribution in [3.05, 3.63) is 0 Å². The monoisotopic (exact) mass is 243 g/mol. The summed E-state index contributed by atoms with van der Waals surface area (Å²) in [6, 6.07) is 0. The van der Waals surface area contributed by atoms with Gasteiger partial charge >= 0.3 is 0 Å². The lowest BCUT2D eigenvalue weighted by Crippen LogP contribution is -2.43. The first-order valence-electron chi connectivity index (χ1n) is 6.53. The van der Waals surface area contributed by atoms with E-state index in [2.05, 4.69) is 33.0 Å². The largest absolute Gasteiger partial charge is 0.351 e. The average molecular weight is 243 g/mol. The topological polar surface area (TPSA) is 47.6 Å². The van der Waals surface area contributed by atoms with E-state index in [1.54, 1.807) is 0 Å². The lowest BCUT2D eigenvalue weighted by atomic mass is 9.85. The molecule has 100 valence electrons. The van der Waals surface area contributed by atoms with Crippen LogP contribution < -0.4 is 5.32 Å². The Labute approximate surface area is 104 Å². The molecule has 1 amide bonds. The fourth-order valence-electron chi connectivity index (χ4n) is 2.18. The van der Waals surface area contributed by atoms with Crippen LogP contribution in [0.5, 0.6) is 0 Å². The van der Waals surface area contributed by atoms with Crippen LogP contribution in [-0.4, -0.2) is 32.0 Å². The van der Waals surface area contributed by atoms with Gasteiger partial charge in [0, 0.05) is 6.54 Å². The molecule has 17 heavy (non-hydrogen) atoms. The summed E-state index contributed by atoms with van der Waals surface area (Å²) < 4.78 is 10.5. The Morgan fingerprint density at radius 3 is 2.18 bits per heavy atom. The smallest absolute Gasteiger partial charge is 0.277 e. The molecule has 4 heteroatoms. The number of hydrogen-bond donors (Lipinski definition) is 1. The molecule has 0 aromatic carbocycles. The molecule has 0 spiro atoms. The minimum Gasteiger partial charge on any atom is -0.351 e. The maximum Gasteiger partial charge on any atom is 0.277 e. The molecule has 1 rings (SSSR count). The molecule has 0 aromatic rings. The second-order valence-electron chi connectivity index (χ2n) is 5.32. The summed E-state index contributed by atoms with van der Waals surface area (Å²) >= 11 is 0. The first-order chi connectivity index (χ1) is 8.02. The maximum atomic E-state index is 11.8. The van der Waals surface area contributed by atoms with Crippen molar-refractivity contribution in [2.45, 2.75) is 40.4 Å². The van der Waals surface area contributed by atoms with Crippen LogP contribution in [0.2, 0.25) is 0 Å². The summed E-state index contributed by atoms with van der Waals surface area (Å²) in [7, 11) is 0. The van der Waals surface area contributed by atoms with Crippen molar-refractivity contribution in [2.24, 2.45) is 17.8 Å². The van der Waals surface area contributed by atoms with Gasteiger partial charge in [-0.3, -0.25) is 4.79 Å². The molecule has 0 atom stereocenters. The zero-order valence-electron chi connectivity index (χ0n) is 11.4. The standard InChI is InChI=1S/C13H25NO3/c1-9(2)11(10(3)4)8-14-12(15)13-16-6-5-7-17-13/h9-11,13H,5-8H2,1-4H3,(H,14,15). The van der Waals surface area contributed by atoms with Crippen molar-refractivity contribution in [2.75, 3.05) is 19.8 Å². The Bertz CT molecular complexity index is 227. The van der Waals surface area contributed by atoms with E-state index in [9.17, 15) is 4.79 Å². The van der Waals surface area contributed by atoms with Gasteiger partial charge in [0.2, 0.25) is 6.29 Å². The molecule has 0 radical (unpaired) electrons. The summed E-state index contributed by atoms with van der Waals surface area (Å²) in [6.45, 7) is 10.6. The molecule has 1 saturated heterocycles. The number of hydrogen-bond acceptors (Lipinski definition) is 3. The molecule has 1 heterocycles. The van der Waals surface area contributed by atoms with E-state index >= 15 is 0 Å². The van der Waals surface area contributed by atoms with Crippen LogP contribution in [0, 0.1) is 17.8 Å². The molecular weight excluding hydrogens is 218 g/mol. The molecule has 0 aliphatic carbocycles. The lowest BCUT2D eigenvalue weighted by Gasteiger charge is -2.27. The molecule has 4 nitrogen and oxygen atoms in total. The van der Waals surface area contributed by atoms with Crippen LogP contribution in [0.4, 0.5) is 0 Å². The zero-order chi connectivity index (χ0) is 12.8. The number of carbonyl (C=O) groups is 1. The Balaban J connectivity index is 2.35. The molecule has 1 N–H and O–H groups in total. The van der Waals surface area contributed by atoms with E-state index in [1.165, 1.54) is 0 Å². The summed E-state index contributed by atoms with van der Waals surface area (Å²) in [4.78, 5) is 11.8. The summed E-state index contributed by atoms with van der Waals surface area (Å²) in [5, 5.41) is 2.93. The van der Waals surface area contributed by atoms with Crippen molar-refractivity contribution >= 4 is 5.91 Å². The van der Waals surface area contributed by atoms with Crippen LogP contribution >= 0.6 is 0 Å². The normalized spacial score (nSPS) is 18.1. The van der Waals surface area contributed by atoms with Crippen LogP contribution in [0.15, 0.2) is 0 Å². The highest BCUT2D eigenvalue weighted by Crippen LogP contribution is 2.19. The number of amides is 1. The number of nitrogens with one attached hydrogen (secondary N) is 1. The molecule has 1 aliphatic heterocycles. The SMILES string of the molecule is CC(C)C(CNC(=O)C1OCCCO1)C(C)C. The fraction of sp³-hybridized carbons (Fsp3) is 0.923. The van der Waals surface area contributed by atoms with Gasteiger partial charge in [-0.1, -0.05) is 27.7 Å². The first kappa shape index (κ1) is 14.5. The first-order valence-corrected chi connectivity index (χ1v) is 6.53. The van der Waals surface area contributed by atoms with Gasteiger partial charge in [0.1, 0.15) is 0 Å². The zero-order valence-corrected chi connectivity index (χ0v) is 11.4. The van der Waals surface area contributed by atoms with Gasteiger partial charge < -0.3 is 14.8 Å². The molecule has 0 saturated carbocycles. The Morgan fingerprint density at radius 1 is 1.18 bits per heavy atom. The van der Waals surface area contributed by atoms with Gasteiger partial charge in [-0.15, -0.1) is 0 Å². The van der Waals surface area contributed by atoms with E-state index in [1.807, 2.05) is 0 Å². The highest BCUT2D eigenvalue weighted by molar-refractivity contribution is 5.79. The maximum absolute atomic E-state index is 11.8. The summed E-state index contributed by atoms with van der Waals surface area (Å²) in [5.74, 6) is 1.46. The van der Waals surface area contributed by atoms with Gasteiger partial charge in [0.15, 0.2) is 0 Å². The molecule has 0 bridgehead atoms. The number of carbonyl (C=O) groups excluding carboxylic acids is 1. The van der Waals surface area contributed by atoms with E-state index in [4.69, 9.17) is 9.47 Å². The van der Waals surface area contributed by atoms with Crippen LogP contribution in [0.3, 0.4) is 0 Å². The predicted molar refractivity (Wildman–Crippen MR) is 66.5 cm³/mol. The van der Waals surface area contributed by atoms with Gasteiger partial charge in [0.25, 0.3) is 5.91 Å². The van der Waals surface area contributed by atoms with Crippen LogP contribution in [0.25, 0.3) is 0 Å². The van der Waals surface area contributed by atoms with E-state index in [-0.39, 0.29) is 5.91 Å². The number of rotatable bonds is 5. The van der Waals surface area contributed by atoms with Gasteiger partial charge in [-0.2, -0.15) is 0 Å². The van der Waals surface area contributed by atoms with Crippen molar-refractivity contribution in [1.82, 2.24) is 5.32 Å². The quantitative estimate of drug-likeness (QED) is 0.801. The van der Waals surface area contributed by atoms with Crippen molar-refractivity contribution < 1.29 is 14.3 Å².